The molecule has 11 heteroatoms. The van der Waals surface area contributed by atoms with Crippen LogP contribution in [0, 0.1) is 12.8 Å². The lowest BCUT2D eigenvalue weighted by Crippen LogP contribution is -2.40. The minimum atomic E-state index is -0.304. The lowest BCUT2D eigenvalue weighted by atomic mass is 9.96. The van der Waals surface area contributed by atoms with E-state index in [1.807, 2.05) is 17.9 Å². The number of hydrogen-bond donors (Lipinski definition) is 1. The Labute approximate surface area is 212 Å². The molecule has 0 spiro atoms. The fraction of sp³-hybridized carbons (Fsp3) is 0.458. The van der Waals surface area contributed by atoms with E-state index in [0.717, 1.165) is 18.4 Å². The van der Waals surface area contributed by atoms with Crippen LogP contribution in [0.25, 0.3) is 11.7 Å². The number of pyridine rings is 1. The Morgan fingerprint density at radius 2 is 2.09 bits per heavy atom. The van der Waals surface area contributed by atoms with Gasteiger partial charge in [-0.3, -0.25) is 23.7 Å². The van der Waals surface area contributed by atoms with E-state index in [0.29, 0.717) is 65.3 Å². The molecule has 35 heavy (non-hydrogen) atoms. The molecule has 3 fully saturated rings. The van der Waals surface area contributed by atoms with E-state index in [-0.39, 0.29) is 29.4 Å². The van der Waals surface area contributed by atoms with Gasteiger partial charge in [-0.25, -0.2) is 4.98 Å². The smallest absolute Gasteiger partial charge is 0.267 e. The molecule has 0 radical (unpaired) electrons. The number of anilines is 1. The number of aryl methyl sites for hydroxylation is 1. The molecule has 1 atom stereocenters. The molecule has 5 heterocycles. The van der Waals surface area contributed by atoms with Crippen molar-refractivity contribution in [3.8, 4) is 0 Å². The average Bonchev–Trinajstić information content (AvgIpc) is 3.45. The lowest BCUT2D eigenvalue weighted by molar-refractivity contribution is -0.123. The molecule has 0 saturated carbocycles. The highest BCUT2D eigenvalue weighted by atomic mass is 32.2. The highest BCUT2D eigenvalue weighted by molar-refractivity contribution is 8.26. The summed E-state index contributed by atoms with van der Waals surface area (Å²) in [6.45, 7) is 4.11. The quantitative estimate of drug-likeness (QED) is 0.478. The third-order valence-corrected chi connectivity index (χ3v) is 8.20. The minimum absolute atomic E-state index is 0.0186. The summed E-state index contributed by atoms with van der Waals surface area (Å²) in [5.74, 6) is -0.200. The zero-order chi connectivity index (χ0) is 24.7. The maximum absolute atomic E-state index is 13.6. The van der Waals surface area contributed by atoms with Crippen molar-refractivity contribution in [1.29, 1.82) is 0 Å². The lowest BCUT2D eigenvalue weighted by Gasteiger charge is -2.32. The van der Waals surface area contributed by atoms with Gasteiger partial charge in [0.2, 0.25) is 5.91 Å². The van der Waals surface area contributed by atoms with Gasteiger partial charge in [0.1, 0.15) is 15.8 Å². The molecule has 9 nitrogen and oxygen atoms in total. The van der Waals surface area contributed by atoms with Gasteiger partial charge in [-0.2, -0.15) is 0 Å². The SMILES string of the molecule is Cc1cccn2c(=O)c(/C=C3/SC(=S)N(CC4CCCO4)C3=O)c(N3CCC(C(N)=O)CC3)nc12. The number of thioether (sulfide) groups is 1. The number of primary amides is 1. The van der Waals surface area contributed by atoms with Gasteiger partial charge in [0.25, 0.3) is 11.5 Å². The van der Waals surface area contributed by atoms with Crippen molar-refractivity contribution < 1.29 is 14.3 Å². The van der Waals surface area contributed by atoms with Crippen LogP contribution < -0.4 is 16.2 Å². The van der Waals surface area contributed by atoms with Crippen LogP contribution in [0.3, 0.4) is 0 Å². The van der Waals surface area contributed by atoms with E-state index >= 15 is 0 Å². The number of carbonyl (C=O) groups is 2. The van der Waals surface area contributed by atoms with E-state index in [9.17, 15) is 14.4 Å². The number of amides is 2. The molecule has 3 saturated heterocycles. The van der Waals surface area contributed by atoms with Gasteiger partial charge in [-0.05, 0) is 50.3 Å². The predicted octanol–water partition coefficient (Wildman–Crippen LogP) is 2.08. The molecule has 2 N–H and O–H groups in total. The summed E-state index contributed by atoms with van der Waals surface area (Å²) in [6.07, 6.45) is 6.34. The van der Waals surface area contributed by atoms with Crippen LogP contribution in [0.2, 0.25) is 0 Å². The number of aromatic nitrogens is 2. The number of fused-ring (bicyclic) bond motifs is 1. The molecule has 5 rings (SSSR count). The summed E-state index contributed by atoms with van der Waals surface area (Å²) in [4.78, 5) is 47.4. The van der Waals surface area contributed by atoms with E-state index in [1.54, 1.807) is 23.2 Å². The highest BCUT2D eigenvalue weighted by Gasteiger charge is 2.35. The van der Waals surface area contributed by atoms with E-state index < -0.39 is 0 Å². The van der Waals surface area contributed by atoms with Crippen LogP contribution in [0.1, 0.15) is 36.8 Å². The van der Waals surface area contributed by atoms with Crippen molar-refractivity contribution in [2.45, 2.75) is 38.7 Å². The van der Waals surface area contributed by atoms with Gasteiger partial charge < -0.3 is 15.4 Å². The third-order valence-electron chi connectivity index (χ3n) is 6.82. The van der Waals surface area contributed by atoms with Crippen LogP contribution in [-0.2, 0) is 14.3 Å². The summed E-state index contributed by atoms with van der Waals surface area (Å²) in [5.41, 5.74) is 7.02. The Hall–Kier alpha value is -2.76. The molecule has 2 aromatic heterocycles. The fourth-order valence-corrected chi connectivity index (χ4v) is 6.08. The largest absolute Gasteiger partial charge is 0.376 e. The van der Waals surface area contributed by atoms with Gasteiger partial charge >= 0.3 is 0 Å². The molecular weight excluding hydrogens is 486 g/mol. The third kappa shape index (κ3) is 4.60. The summed E-state index contributed by atoms with van der Waals surface area (Å²) >= 11 is 6.68. The van der Waals surface area contributed by atoms with Crippen LogP contribution in [0.5, 0.6) is 0 Å². The second kappa shape index (κ2) is 9.71. The van der Waals surface area contributed by atoms with Crippen molar-refractivity contribution in [2.24, 2.45) is 11.7 Å². The van der Waals surface area contributed by atoms with Gasteiger partial charge in [-0.1, -0.05) is 30.0 Å². The van der Waals surface area contributed by atoms with Gasteiger partial charge in [0, 0.05) is 31.8 Å². The van der Waals surface area contributed by atoms with Crippen molar-refractivity contribution in [1.82, 2.24) is 14.3 Å². The second-order valence-electron chi connectivity index (χ2n) is 9.13. The standard InChI is InChI=1S/C24H27N5O4S2/c1-14-4-2-8-28-20(14)26-21(27-9-6-15(7-10-27)19(25)30)17(22(28)31)12-18-23(32)29(24(34)35-18)13-16-5-3-11-33-16/h2,4,8,12,15-16H,3,5-7,9-11,13H2,1H3,(H2,25,30)/b18-12+. The number of nitrogens with two attached hydrogens (primary N) is 1. The van der Waals surface area contributed by atoms with Gasteiger partial charge in [0.15, 0.2) is 0 Å². The monoisotopic (exact) mass is 513 g/mol. The Morgan fingerprint density at radius 1 is 1.31 bits per heavy atom. The average molecular weight is 514 g/mol. The predicted molar refractivity (Wildman–Crippen MR) is 139 cm³/mol. The van der Waals surface area contributed by atoms with Crippen LogP contribution >= 0.6 is 24.0 Å². The first kappa shape index (κ1) is 24.0. The summed E-state index contributed by atoms with van der Waals surface area (Å²) < 4.78 is 7.65. The minimum Gasteiger partial charge on any atom is -0.376 e. The van der Waals surface area contributed by atoms with Crippen molar-refractivity contribution >= 4 is 57.7 Å². The number of hydrogen-bond acceptors (Lipinski definition) is 8. The molecule has 2 amide bonds. The van der Waals surface area contributed by atoms with Crippen molar-refractivity contribution in [2.75, 3.05) is 31.1 Å². The first-order chi connectivity index (χ1) is 16.8. The number of nitrogens with zero attached hydrogens (tertiary/aromatic N) is 4. The first-order valence-electron chi connectivity index (χ1n) is 11.8. The number of carbonyl (C=O) groups excluding carboxylic acids is 2. The zero-order valence-electron chi connectivity index (χ0n) is 19.4. The Kier molecular flexibility index (Phi) is 6.65. The Balaban J connectivity index is 1.54. The molecule has 0 aromatic carbocycles. The van der Waals surface area contributed by atoms with Gasteiger partial charge in [-0.15, -0.1) is 0 Å². The van der Waals surface area contributed by atoms with E-state index in [4.69, 9.17) is 27.7 Å². The number of piperidine rings is 1. The van der Waals surface area contributed by atoms with Crippen LogP contribution in [-0.4, -0.2) is 62.8 Å². The molecular formula is C24H27N5O4S2. The maximum atomic E-state index is 13.6. The maximum Gasteiger partial charge on any atom is 0.267 e. The molecule has 0 aliphatic carbocycles. The topological polar surface area (TPSA) is 110 Å². The Bertz CT molecular complexity index is 1290. The number of ether oxygens (including phenoxy) is 1. The highest BCUT2D eigenvalue weighted by Crippen LogP contribution is 2.35. The van der Waals surface area contributed by atoms with Crippen LogP contribution in [0.4, 0.5) is 5.82 Å². The van der Waals surface area contributed by atoms with Gasteiger partial charge in [0.05, 0.1) is 23.1 Å². The van der Waals surface area contributed by atoms with Crippen molar-refractivity contribution in [3.63, 3.8) is 0 Å². The Morgan fingerprint density at radius 3 is 2.77 bits per heavy atom. The molecule has 3 aliphatic heterocycles. The molecule has 1 unspecified atom stereocenters. The summed E-state index contributed by atoms with van der Waals surface area (Å²) in [7, 11) is 0. The van der Waals surface area contributed by atoms with Crippen LogP contribution in [0.15, 0.2) is 28.0 Å². The molecule has 0 bridgehead atoms. The first-order valence-corrected chi connectivity index (χ1v) is 13.0. The summed E-state index contributed by atoms with van der Waals surface area (Å²) in [5, 5.41) is 0. The summed E-state index contributed by atoms with van der Waals surface area (Å²) in [6, 6.07) is 3.70. The number of rotatable bonds is 5. The van der Waals surface area contributed by atoms with E-state index in [1.165, 1.54) is 16.2 Å². The second-order valence-corrected chi connectivity index (χ2v) is 10.8. The van der Waals surface area contributed by atoms with Crippen molar-refractivity contribution in [3.05, 3.63) is 44.7 Å². The fourth-order valence-electron chi connectivity index (χ4n) is 4.82. The molecule has 184 valence electrons. The molecule has 3 aliphatic rings. The normalized spacial score (nSPS) is 22.7. The zero-order valence-corrected chi connectivity index (χ0v) is 21.1. The van der Waals surface area contributed by atoms with E-state index in [2.05, 4.69) is 0 Å². The molecule has 2 aromatic rings. The number of thiocarbonyl (C=S) groups is 1.